The maximum Gasteiger partial charge on any atom is 0.433 e. The molecule has 0 aliphatic carbocycles. The van der Waals surface area contributed by atoms with Crippen LogP contribution in [0.4, 0.5) is 13.2 Å². The number of carbonyl (C=O) groups excluding carboxylic acids is 3. The second kappa shape index (κ2) is 7.21. The Kier molecular flexibility index (Phi) is 5.83. The number of esters is 2. The van der Waals surface area contributed by atoms with Gasteiger partial charge in [-0.25, -0.2) is 9.78 Å². The average molecular weight is 333 g/mol. The second-order valence-electron chi connectivity index (χ2n) is 4.57. The van der Waals surface area contributed by atoms with Gasteiger partial charge >= 0.3 is 18.1 Å². The van der Waals surface area contributed by atoms with E-state index in [0.29, 0.717) is 6.07 Å². The van der Waals surface area contributed by atoms with Gasteiger partial charge in [0, 0.05) is 6.42 Å². The Bertz CT molecular complexity index is 627. The lowest BCUT2D eigenvalue weighted by atomic mass is 9.96. The molecule has 0 amide bonds. The number of hydrogen-bond acceptors (Lipinski definition) is 6. The molecule has 1 aromatic rings. The fourth-order valence-electron chi connectivity index (χ4n) is 1.84. The molecule has 0 radical (unpaired) electrons. The van der Waals surface area contributed by atoms with Crippen LogP contribution in [0.1, 0.15) is 28.7 Å². The predicted octanol–water partition coefficient (Wildman–Crippen LogP) is 1.81. The number of aromatic nitrogens is 1. The molecule has 0 saturated carbocycles. The molecule has 1 unspecified atom stereocenters. The van der Waals surface area contributed by atoms with E-state index < -0.39 is 41.9 Å². The first-order chi connectivity index (χ1) is 10.6. The standard InChI is InChI=1S/C14H14F3NO5/c1-7(19)9(13(21)23-3)6-10-8(12(20)22-2)4-5-11(18-10)14(15,16)17/h4-5,9H,6H2,1-3H3. The van der Waals surface area contributed by atoms with Crippen LogP contribution in [0.25, 0.3) is 0 Å². The van der Waals surface area contributed by atoms with Crippen LogP contribution in [0.3, 0.4) is 0 Å². The summed E-state index contributed by atoms with van der Waals surface area (Å²) in [5, 5.41) is 0. The van der Waals surface area contributed by atoms with E-state index in [2.05, 4.69) is 14.5 Å². The molecule has 6 nitrogen and oxygen atoms in total. The monoisotopic (exact) mass is 333 g/mol. The topological polar surface area (TPSA) is 82.6 Å². The molecule has 1 aromatic heterocycles. The van der Waals surface area contributed by atoms with Gasteiger partial charge in [-0.15, -0.1) is 0 Å². The van der Waals surface area contributed by atoms with E-state index >= 15 is 0 Å². The molecule has 9 heteroatoms. The minimum absolute atomic E-state index is 0.254. The smallest absolute Gasteiger partial charge is 0.433 e. The molecule has 23 heavy (non-hydrogen) atoms. The van der Waals surface area contributed by atoms with Gasteiger partial charge in [0.2, 0.25) is 0 Å². The summed E-state index contributed by atoms with van der Waals surface area (Å²) >= 11 is 0. The van der Waals surface area contributed by atoms with E-state index in [-0.39, 0.29) is 11.3 Å². The van der Waals surface area contributed by atoms with Crippen LogP contribution in [0, 0.1) is 5.92 Å². The highest BCUT2D eigenvalue weighted by atomic mass is 19.4. The van der Waals surface area contributed by atoms with Gasteiger partial charge in [0.25, 0.3) is 0 Å². The zero-order valence-electron chi connectivity index (χ0n) is 12.6. The summed E-state index contributed by atoms with van der Waals surface area (Å²) in [5.41, 5.74) is -1.86. The summed E-state index contributed by atoms with van der Waals surface area (Å²) in [7, 11) is 2.09. The molecule has 0 fully saturated rings. The number of ketones is 1. The summed E-state index contributed by atoms with van der Waals surface area (Å²) in [6.07, 6.45) is -5.24. The van der Waals surface area contributed by atoms with E-state index in [4.69, 9.17) is 0 Å². The number of alkyl halides is 3. The summed E-state index contributed by atoms with van der Waals surface area (Å²) in [4.78, 5) is 38.1. The van der Waals surface area contributed by atoms with E-state index in [1.165, 1.54) is 0 Å². The fraction of sp³-hybridized carbons (Fsp3) is 0.429. The lowest BCUT2D eigenvalue weighted by molar-refractivity contribution is -0.148. The minimum atomic E-state index is -4.74. The summed E-state index contributed by atoms with van der Waals surface area (Å²) < 4.78 is 47.2. The molecule has 0 N–H and O–H groups in total. The Morgan fingerprint density at radius 2 is 1.78 bits per heavy atom. The quantitative estimate of drug-likeness (QED) is 0.604. The summed E-state index contributed by atoms with van der Waals surface area (Å²) in [6, 6.07) is 1.52. The Hall–Kier alpha value is -2.45. The van der Waals surface area contributed by atoms with Crippen LogP contribution >= 0.6 is 0 Å². The number of ether oxygens (including phenoxy) is 2. The van der Waals surface area contributed by atoms with Gasteiger partial charge in [0.1, 0.15) is 17.4 Å². The first kappa shape index (κ1) is 18.6. The van der Waals surface area contributed by atoms with Crippen LogP contribution in [0.15, 0.2) is 12.1 Å². The number of pyridine rings is 1. The molecule has 0 aromatic carbocycles. The van der Waals surface area contributed by atoms with Crippen molar-refractivity contribution in [1.82, 2.24) is 4.98 Å². The van der Waals surface area contributed by atoms with Gasteiger partial charge in [0.15, 0.2) is 0 Å². The molecule has 1 heterocycles. The van der Waals surface area contributed by atoms with Gasteiger partial charge in [-0.3, -0.25) is 9.59 Å². The molecule has 1 rings (SSSR count). The highest BCUT2D eigenvalue weighted by molar-refractivity contribution is 5.98. The lowest BCUT2D eigenvalue weighted by Gasteiger charge is -2.15. The zero-order chi connectivity index (χ0) is 17.8. The third-order valence-corrected chi connectivity index (χ3v) is 3.04. The first-order valence-electron chi connectivity index (χ1n) is 6.35. The van der Waals surface area contributed by atoms with Crippen molar-refractivity contribution in [2.45, 2.75) is 19.5 Å². The number of Topliss-reactive ketones (excluding diaryl/α,β-unsaturated/α-hetero) is 1. The molecular formula is C14H14F3NO5. The van der Waals surface area contributed by atoms with Crippen LogP contribution < -0.4 is 0 Å². The molecule has 1 atom stereocenters. The lowest BCUT2D eigenvalue weighted by Crippen LogP contribution is -2.27. The van der Waals surface area contributed by atoms with Crippen molar-refractivity contribution in [3.8, 4) is 0 Å². The van der Waals surface area contributed by atoms with Crippen molar-refractivity contribution in [2.75, 3.05) is 14.2 Å². The van der Waals surface area contributed by atoms with Gasteiger partial charge in [-0.1, -0.05) is 0 Å². The minimum Gasteiger partial charge on any atom is -0.468 e. The average Bonchev–Trinajstić information content (AvgIpc) is 2.49. The van der Waals surface area contributed by atoms with Gasteiger partial charge in [-0.2, -0.15) is 13.2 Å². The van der Waals surface area contributed by atoms with Gasteiger partial charge in [0.05, 0.1) is 25.5 Å². The van der Waals surface area contributed by atoms with Crippen molar-refractivity contribution in [1.29, 1.82) is 0 Å². The van der Waals surface area contributed by atoms with Gasteiger partial charge < -0.3 is 9.47 Å². The Morgan fingerprint density at radius 3 is 2.22 bits per heavy atom. The van der Waals surface area contributed by atoms with Crippen LogP contribution in [0.2, 0.25) is 0 Å². The maximum absolute atomic E-state index is 12.8. The highest BCUT2D eigenvalue weighted by Gasteiger charge is 2.35. The zero-order valence-corrected chi connectivity index (χ0v) is 12.6. The third-order valence-electron chi connectivity index (χ3n) is 3.04. The van der Waals surface area contributed by atoms with E-state index in [9.17, 15) is 27.6 Å². The SMILES string of the molecule is COC(=O)c1ccc(C(F)(F)F)nc1CC(C(C)=O)C(=O)OC. The number of halogens is 3. The normalized spacial score (nSPS) is 12.4. The van der Waals surface area contributed by atoms with Gasteiger partial charge in [-0.05, 0) is 19.1 Å². The van der Waals surface area contributed by atoms with Crippen LogP contribution in [-0.4, -0.2) is 36.9 Å². The summed E-state index contributed by atoms with van der Waals surface area (Å²) in [5.74, 6) is -3.83. The maximum atomic E-state index is 12.8. The molecular weight excluding hydrogens is 319 g/mol. The van der Waals surface area contributed by atoms with E-state index in [1.54, 1.807) is 0 Å². The third kappa shape index (κ3) is 4.51. The second-order valence-corrected chi connectivity index (χ2v) is 4.57. The number of hydrogen-bond donors (Lipinski definition) is 0. The van der Waals surface area contributed by atoms with Crippen molar-refractivity contribution in [3.63, 3.8) is 0 Å². The fourth-order valence-corrected chi connectivity index (χ4v) is 1.84. The summed E-state index contributed by atoms with van der Waals surface area (Å²) in [6.45, 7) is 1.09. The molecule has 0 saturated heterocycles. The Labute approximate surface area is 129 Å². The highest BCUT2D eigenvalue weighted by Crippen LogP contribution is 2.29. The number of carbonyl (C=O) groups is 3. The predicted molar refractivity (Wildman–Crippen MR) is 70.5 cm³/mol. The molecule has 0 spiro atoms. The molecule has 126 valence electrons. The van der Waals surface area contributed by atoms with E-state index in [0.717, 1.165) is 27.2 Å². The van der Waals surface area contributed by atoms with Crippen molar-refractivity contribution >= 4 is 17.7 Å². The molecule has 0 aliphatic heterocycles. The molecule has 0 aliphatic rings. The van der Waals surface area contributed by atoms with Crippen molar-refractivity contribution in [3.05, 3.63) is 29.1 Å². The van der Waals surface area contributed by atoms with Crippen molar-refractivity contribution < 1.29 is 37.0 Å². The number of nitrogens with zero attached hydrogens (tertiary/aromatic N) is 1. The Balaban J connectivity index is 3.36. The first-order valence-corrected chi connectivity index (χ1v) is 6.35. The van der Waals surface area contributed by atoms with Crippen LogP contribution in [-0.2, 0) is 31.7 Å². The van der Waals surface area contributed by atoms with Crippen LogP contribution in [0.5, 0.6) is 0 Å². The largest absolute Gasteiger partial charge is 0.468 e. The Morgan fingerprint density at radius 1 is 1.17 bits per heavy atom. The number of methoxy groups -OCH3 is 2. The molecule has 0 bridgehead atoms. The number of rotatable bonds is 5. The van der Waals surface area contributed by atoms with E-state index in [1.807, 2.05) is 0 Å². The van der Waals surface area contributed by atoms with Crippen molar-refractivity contribution in [2.24, 2.45) is 5.92 Å².